The Hall–Kier alpha value is -1.62. The number of halogens is 1. The van der Waals surface area contributed by atoms with Crippen molar-refractivity contribution in [2.75, 3.05) is 33.8 Å². The first-order valence-corrected chi connectivity index (χ1v) is 6.90. The highest BCUT2D eigenvalue weighted by molar-refractivity contribution is 5.75. The molecular formula is C15H23FN2O2. The lowest BCUT2D eigenvalue weighted by molar-refractivity contribution is -0.130. The van der Waals surface area contributed by atoms with Gasteiger partial charge in [0.25, 0.3) is 0 Å². The molecule has 0 atom stereocenters. The van der Waals surface area contributed by atoms with Crippen molar-refractivity contribution in [1.82, 2.24) is 10.2 Å². The lowest BCUT2D eigenvalue weighted by atomic mass is 10.2. The van der Waals surface area contributed by atoms with Crippen molar-refractivity contribution in [1.29, 1.82) is 0 Å². The number of carbonyl (C=O) groups excluding carboxylic acids is 1. The predicted molar refractivity (Wildman–Crippen MR) is 77.3 cm³/mol. The number of rotatable bonds is 9. The maximum absolute atomic E-state index is 12.7. The molecular weight excluding hydrogens is 259 g/mol. The molecule has 1 amide bonds. The Bertz CT molecular complexity index is 395. The van der Waals surface area contributed by atoms with Crippen molar-refractivity contribution in [2.24, 2.45) is 0 Å². The summed E-state index contributed by atoms with van der Waals surface area (Å²) in [6.07, 6.45) is 2.17. The molecule has 0 aliphatic rings. The summed E-state index contributed by atoms with van der Waals surface area (Å²) in [6, 6.07) is 5.93. The third-order valence-corrected chi connectivity index (χ3v) is 2.96. The van der Waals surface area contributed by atoms with Gasteiger partial charge in [0, 0.05) is 20.0 Å². The molecule has 20 heavy (non-hydrogen) atoms. The largest absolute Gasteiger partial charge is 0.494 e. The highest BCUT2D eigenvalue weighted by Gasteiger charge is 2.07. The van der Waals surface area contributed by atoms with E-state index in [1.807, 2.05) is 7.05 Å². The average Bonchev–Trinajstić information content (AvgIpc) is 2.45. The molecule has 0 radical (unpaired) electrons. The van der Waals surface area contributed by atoms with Crippen LogP contribution in [0.4, 0.5) is 4.39 Å². The van der Waals surface area contributed by atoms with Gasteiger partial charge in [0.1, 0.15) is 11.6 Å². The number of nitrogens with one attached hydrogen (secondary N) is 1. The van der Waals surface area contributed by atoms with Crippen molar-refractivity contribution >= 4 is 5.91 Å². The van der Waals surface area contributed by atoms with Crippen LogP contribution in [0.25, 0.3) is 0 Å². The number of ether oxygens (including phenoxy) is 1. The smallest absolute Gasteiger partial charge is 0.222 e. The maximum Gasteiger partial charge on any atom is 0.222 e. The molecule has 1 aromatic carbocycles. The van der Waals surface area contributed by atoms with Gasteiger partial charge in [-0.15, -0.1) is 0 Å². The van der Waals surface area contributed by atoms with Gasteiger partial charge < -0.3 is 15.0 Å². The van der Waals surface area contributed by atoms with Crippen molar-refractivity contribution in [3.8, 4) is 5.75 Å². The van der Waals surface area contributed by atoms with E-state index in [2.05, 4.69) is 5.32 Å². The van der Waals surface area contributed by atoms with E-state index in [0.29, 0.717) is 25.3 Å². The van der Waals surface area contributed by atoms with E-state index in [1.165, 1.54) is 12.1 Å². The van der Waals surface area contributed by atoms with Gasteiger partial charge in [-0.1, -0.05) is 0 Å². The Kier molecular flexibility index (Phi) is 7.65. The molecule has 0 spiro atoms. The lowest BCUT2D eigenvalue weighted by Gasteiger charge is -2.17. The van der Waals surface area contributed by atoms with E-state index in [9.17, 15) is 9.18 Å². The van der Waals surface area contributed by atoms with Gasteiger partial charge in [0.05, 0.1) is 6.61 Å². The molecule has 0 aliphatic heterocycles. The fourth-order valence-corrected chi connectivity index (χ4v) is 1.75. The molecule has 1 rings (SSSR count). The summed E-state index contributed by atoms with van der Waals surface area (Å²) in [4.78, 5) is 13.5. The van der Waals surface area contributed by atoms with E-state index in [-0.39, 0.29) is 11.7 Å². The summed E-state index contributed by atoms with van der Waals surface area (Å²) in [5, 5.41) is 3.02. The zero-order valence-electron chi connectivity index (χ0n) is 12.2. The molecule has 5 heteroatoms. The maximum atomic E-state index is 12.7. The number of hydrogen-bond donors (Lipinski definition) is 1. The van der Waals surface area contributed by atoms with Crippen molar-refractivity contribution in [2.45, 2.75) is 19.3 Å². The quantitative estimate of drug-likeness (QED) is 0.705. The van der Waals surface area contributed by atoms with Gasteiger partial charge in [-0.3, -0.25) is 4.79 Å². The number of amides is 1. The summed E-state index contributed by atoms with van der Waals surface area (Å²) in [6.45, 7) is 2.03. The summed E-state index contributed by atoms with van der Waals surface area (Å²) in [7, 11) is 3.68. The van der Waals surface area contributed by atoms with Gasteiger partial charge in [-0.25, -0.2) is 4.39 Å². The van der Waals surface area contributed by atoms with Crippen LogP contribution < -0.4 is 10.1 Å². The van der Waals surface area contributed by atoms with Crippen LogP contribution in [0.15, 0.2) is 24.3 Å². The topological polar surface area (TPSA) is 41.6 Å². The summed E-state index contributed by atoms with van der Waals surface area (Å²) >= 11 is 0. The Morgan fingerprint density at radius 1 is 1.30 bits per heavy atom. The molecule has 0 saturated heterocycles. The molecule has 0 aromatic heterocycles. The van der Waals surface area contributed by atoms with Crippen molar-refractivity contribution < 1.29 is 13.9 Å². The Morgan fingerprint density at radius 2 is 2.00 bits per heavy atom. The summed E-state index contributed by atoms with van der Waals surface area (Å²) in [5.74, 6) is 0.528. The standard InChI is InChI=1S/C15H23FN2O2/c1-17-10-3-5-15(19)18(2)11-4-12-20-14-8-6-13(16)7-9-14/h6-9,17H,3-5,10-12H2,1-2H3. The second-order valence-electron chi connectivity index (χ2n) is 4.68. The highest BCUT2D eigenvalue weighted by atomic mass is 19.1. The van der Waals surface area contributed by atoms with Gasteiger partial charge >= 0.3 is 0 Å². The molecule has 0 bridgehead atoms. The molecule has 0 unspecified atom stereocenters. The van der Waals surface area contributed by atoms with Gasteiger partial charge in [0.15, 0.2) is 0 Å². The van der Waals surface area contributed by atoms with Gasteiger partial charge in [0.2, 0.25) is 5.91 Å². The third kappa shape index (κ3) is 6.52. The first-order chi connectivity index (χ1) is 9.63. The minimum Gasteiger partial charge on any atom is -0.494 e. The molecule has 0 heterocycles. The predicted octanol–water partition coefficient (Wildman–Crippen LogP) is 2.05. The Morgan fingerprint density at radius 3 is 2.65 bits per heavy atom. The van der Waals surface area contributed by atoms with Crippen LogP contribution in [-0.4, -0.2) is 44.6 Å². The van der Waals surface area contributed by atoms with Crippen LogP contribution in [0.1, 0.15) is 19.3 Å². The second kappa shape index (κ2) is 9.31. The number of hydrogen-bond acceptors (Lipinski definition) is 3. The molecule has 0 saturated carbocycles. The summed E-state index contributed by atoms with van der Waals surface area (Å²) in [5.41, 5.74) is 0. The summed E-state index contributed by atoms with van der Waals surface area (Å²) < 4.78 is 18.2. The molecule has 4 nitrogen and oxygen atoms in total. The molecule has 0 aliphatic carbocycles. The number of benzene rings is 1. The van der Waals surface area contributed by atoms with E-state index in [1.54, 1.807) is 24.1 Å². The van der Waals surface area contributed by atoms with E-state index in [4.69, 9.17) is 4.74 Å². The lowest BCUT2D eigenvalue weighted by Crippen LogP contribution is -2.29. The van der Waals surface area contributed by atoms with Crippen LogP contribution >= 0.6 is 0 Å². The molecule has 1 N–H and O–H groups in total. The van der Waals surface area contributed by atoms with E-state index >= 15 is 0 Å². The van der Waals surface area contributed by atoms with Gasteiger partial charge in [-0.2, -0.15) is 0 Å². The fraction of sp³-hybridized carbons (Fsp3) is 0.533. The molecule has 112 valence electrons. The van der Waals surface area contributed by atoms with E-state index < -0.39 is 0 Å². The normalized spacial score (nSPS) is 10.3. The van der Waals surface area contributed by atoms with Crippen LogP contribution in [0, 0.1) is 5.82 Å². The minimum absolute atomic E-state index is 0.155. The third-order valence-electron chi connectivity index (χ3n) is 2.96. The second-order valence-corrected chi connectivity index (χ2v) is 4.68. The zero-order valence-corrected chi connectivity index (χ0v) is 12.2. The Labute approximate surface area is 119 Å². The average molecular weight is 282 g/mol. The molecule has 1 aromatic rings. The Balaban J connectivity index is 2.13. The highest BCUT2D eigenvalue weighted by Crippen LogP contribution is 2.11. The van der Waals surface area contributed by atoms with Gasteiger partial charge in [-0.05, 0) is 50.7 Å². The van der Waals surface area contributed by atoms with Crippen LogP contribution in [-0.2, 0) is 4.79 Å². The number of nitrogens with zero attached hydrogens (tertiary/aromatic N) is 1. The van der Waals surface area contributed by atoms with Crippen LogP contribution in [0.3, 0.4) is 0 Å². The monoisotopic (exact) mass is 282 g/mol. The fourth-order valence-electron chi connectivity index (χ4n) is 1.75. The van der Waals surface area contributed by atoms with Crippen molar-refractivity contribution in [3.63, 3.8) is 0 Å². The zero-order chi connectivity index (χ0) is 14.8. The van der Waals surface area contributed by atoms with Crippen LogP contribution in [0.5, 0.6) is 5.75 Å². The number of carbonyl (C=O) groups is 1. The van der Waals surface area contributed by atoms with Crippen LogP contribution in [0.2, 0.25) is 0 Å². The SMILES string of the molecule is CNCCCC(=O)N(C)CCCOc1ccc(F)cc1. The minimum atomic E-state index is -0.274. The van der Waals surface area contributed by atoms with E-state index in [0.717, 1.165) is 19.4 Å². The molecule has 0 fully saturated rings. The first kappa shape index (κ1) is 16.4. The first-order valence-electron chi connectivity index (χ1n) is 6.90. The van der Waals surface area contributed by atoms with Crippen molar-refractivity contribution in [3.05, 3.63) is 30.1 Å².